The van der Waals surface area contributed by atoms with Crippen molar-refractivity contribution in [3.8, 4) is 72.4 Å². The second-order valence-electron chi connectivity index (χ2n) is 24.6. The molecule has 1 aliphatic carbocycles. The highest BCUT2D eigenvalue weighted by molar-refractivity contribution is 6.10. The molecule has 0 fully saturated rings. The van der Waals surface area contributed by atoms with Crippen LogP contribution in [0.2, 0.25) is 0 Å². The Balaban J connectivity index is 0.847. The number of anilines is 3. The van der Waals surface area contributed by atoms with Crippen LogP contribution in [0.1, 0.15) is 112 Å². The van der Waals surface area contributed by atoms with E-state index in [1.807, 2.05) is 0 Å². The monoisotopic (exact) mass is 1100 g/mol. The van der Waals surface area contributed by atoms with E-state index in [1.165, 1.54) is 179 Å². The van der Waals surface area contributed by atoms with Crippen molar-refractivity contribution in [1.82, 2.24) is 4.57 Å². The molecule has 0 saturated carbocycles. The molecule has 1 aliphatic rings. The fourth-order valence-corrected chi connectivity index (χ4v) is 13.7. The first-order valence-corrected chi connectivity index (χ1v) is 31.4. The Labute approximate surface area is 505 Å². The summed E-state index contributed by atoms with van der Waals surface area (Å²) in [6, 6.07) is 91.8. The second-order valence-corrected chi connectivity index (χ2v) is 24.6. The quantitative estimate of drug-likeness (QED) is 0.0733. The lowest BCUT2D eigenvalue weighted by atomic mass is 9.82. The fourth-order valence-electron chi connectivity index (χ4n) is 13.7. The van der Waals surface area contributed by atoms with Gasteiger partial charge in [-0.25, -0.2) is 0 Å². The predicted octanol–water partition coefficient (Wildman–Crippen LogP) is 23.8. The van der Waals surface area contributed by atoms with Crippen LogP contribution in [0.4, 0.5) is 17.1 Å². The summed E-state index contributed by atoms with van der Waals surface area (Å²) in [5, 5.41) is 2.50. The second kappa shape index (κ2) is 23.9. The number of aromatic nitrogens is 1. The molecule has 0 saturated heterocycles. The summed E-state index contributed by atoms with van der Waals surface area (Å²) >= 11 is 0. The van der Waals surface area contributed by atoms with Gasteiger partial charge in [-0.1, -0.05) is 254 Å². The summed E-state index contributed by atoms with van der Waals surface area (Å²) in [6.45, 7) is 13.8. The molecule has 2 nitrogen and oxygen atoms in total. The van der Waals surface area contributed by atoms with Gasteiger partial charge in [0.25, 0.3) is 0 Å². The van der Waals surface area contributed by atoms with Crippen molar-refractivity contribution in [3.63, 3.8) is 0 Å². The molecule has 11 aromatic carbocycles. The van der Waals surface area contributed by atoms with Gasteiger partial charge < -0.3 is 9.47 Å². The standard InChI is InChI=1S/C83H78N2/c1-7-9-11-14-24-66-54-78(67(25-15-12-10-8-2)53-77(66)63-32-30-57(3)31-33-63)64-36-34-62(35-37-64)68-50-58(4)51-72(52-68)85-81-29-21-19-27-75(81)76-48-42-65(55-82(76)85)61-40-45-70(46-41-61)84(69-43-38-60(39-44-69)59-22-16-13-17-23-59)71-47-49-74-73-26-18-20-28-79(73)83(5,6)80(74)56-71/h13,16-23,26-56H,7-12,14-15,24-25H2,1-6H3. The molecular weight excluding hydrogens is 1020 g/mol. The summed E-state index contributed by atoms with van der Waals surface area (Å²) in [4.78, 5) is 2.42. The fraction of sp³-hybridized carbons (Fsp3) is 0.205. The minimum atomic E-state index is -0.117. The predicted molar refractivity (Wildman–Crippen MR) is 365 cm³/mol. The van der Waals surface area contributed by atoms with E-state index < -0.39 is 0 Å². The van der Waals surface area contributed by atoms with E-state index in [9.17, 15) is 0 Å². The molecule has 0 spiro atoms. The highest BCUT2D eigenvalue weighted by Gasteiger charge is 2.36. The van der Waals surface area contributed by atoms with Crippen LogP contribution in [0.3, 0.4) is 0 Å². The molecule has 1 aromatic heterocycles. The third-order valence-corrected chi connectivity index (χ3v) is 18.3. The molecule has 0 amide bonds. The van der Waals surface area contributed by atoms with E-state index in [-0.39, 0.29) is 5.41 Å². The third kappa shape index (κ3) is 11.0. The van der Waals surface area contributed by atoms with Crippen LogP contribution >= 0.6 is 0 Å². The van der Waals surface area contributed by atoms with Crippen molar-refractivity contribution in [3.05, 3.63) is 276 Å². The number of nitrogens with zero attached hydrogens (tertiary/aromatic N) is 2. The summed E-state index contributed by atoms with van der Waals surface area (Å²) in [6.07, 6.45) is 12.2. The van der Waals surface area contributed by atoms with E-state index in [0.717, 1.165) is 29.9 Å². The van der Waals surface area contributed by atoms with Crippen LogP contribution in [-0.2, 0) is 18.3 Å². The Morgan fingerprint density at radius 1 is 0.329 bits per heavy atom. The highest BCUT2D eigenvalue weighted by Crippen LogP contribution is 2.51. The number of hydrogen-bond donors (Lipinski definition) is 0. The molecule has 0 radical (unpaired) electrons. The van der Waals surface area contributed by atoms with E-state index >= 15 is 0 Å². The lowest BCUT2D eigenvalue weighted by molar-refractivity contribution is 0.660. The smallest absolute Gasteiger partial charge is 0.0547 e. The Hall–Kier alpha value is -8.98. The lowest BCUT2D eigenvalue weighted by Crippen LogP contribution is -2.16. The molecule has 0 unspecified atom stereocenters. The van der Waals surface area contributed by atoms with Gasteiger partial charge in [0.1, 0.15) is 0 Å². The van der Waals surface area contributed by atoms with Crippen LogP contribution in [0, 0.1) is 13.8 Å². The Morgan fingerprint density at radius 2 is 0.835 bits per heavy atom. The van der Waals surface area contributed by atoms with Gasteiger partial charge in [0, 0.05) is 38.9 Å². The Kier molecular flexibility index (Phi) is 15.6. The molecule has 420 valence electrons. The van der Waals surface area contributed by atoms with Gasteiger partial charge in [-0.2, -0.15) is 0 Å². The first kappa shape index (κ1) is 55.2. The van der Waals surface area contributed by atoms with Crippen LogP contribution in [0.25, 0.3) is 94.3 Å². The van der Waals surface area contributed by atoms with Crippen molar-refractivity contribution in [2.24, 2.45) is 0 Å². The maximum Gasteiger partial charge on any atom is 0.0547 e. The van der Waals surface area contributed by atoms with Gasteiger partial charge in [-0.3, -0.25) is 0 Å². The van der Waals surface area contributed by atoms with Gasteiger partial charge in [-0.05, 0) is 195 Å². The number of hydrogen-bond acceptors (Lipinski definition) is 1. The molecule has 0 aliphatic heterocycles. The molecule has 2 heteroatoms. The van der Waals surface area contributed by atoms with Crippen molar-refractivity contribution in [1.29, 1.82) is 0 Å². The topological polar surface area (TPSA) is 8.17 Å². The maximum atomic E-state index is 2.57. The van der Waals surface area contributed by atoms with Crippen molar-refractivity contribution in [2.45, 2.75) is 111 Å². The molecule has 0 atom stereocenters. The van der Waals surface area contributed by atoms with E-state index in [1.54, 1.807) is 0 Å². The van der Waals surface area contributed by atoms with Crippen LogP contribution < -0.4 is 4.90 Å². The zero-order chi connectivity index (χ0) is 58.0. The molecule has 0 bridgehead atoms. The van der Waals surface area contributed by atoms with E-state index in [0.29, 0.717) is 0 Å². The molecule has 85 heavy (non-hydrogen) atoms. The van der Waals surface area contributed by atoms with Gasteiger partial charge in [0.2, 0.25) is 0 Å². The number of benzene rings is 11. The molecule has 13 rings (SSSR count). The van der Waals surface area contributed by atoms with Gasteiger partial charge >= 0.3 is 0 Å². The molecule has 1 heterocycles. The highest BCUT2D eigenvalue weighted by atomic mass is 15.1. The van der Waals surface area contributed by atoms with Crippen molar-refractivity contribution < 1.29 is 0 Å². The number of para-hydroxylation sites is 1. The van der Waals surface area contributed by atoms with E-state index in [4.69, 9.17) is 0 Å². The minimum Gasteiger partial charge on any atom is -0.310 e. The van der Waals surface area contributed by atoms with Crippen LogP contribution in [-0.4, -0.2) is 4.57 Å². The van der Waals surface area contributed by atoms with Crippen molar-refractivity contribution >= 4 is 38.9 Å². The minimum absolute atomic E-state index is 0.117. The van der Waals surface area contributed by atoms with Crippen LogP contribution in [0.15, 0.2) is 243 Å². The number of fused-ring (bicyclic) bond motifs is 6. The van der Waals surface area contributed by atoms with Gasteiger partial charge in [0.05, 0.1) is 11.0 Å². The molecule has 12 aromatic rings. The Morgan fingerprint density at radius 3 is 1.49 bits per heavy atom. The zero-order valence-electron chi connectivity index (χ0n) is 50.6. The third-order valence-electron chi connectivity index (χ3n) is 18.3. The average Bonchev–Trinajstić information content (AvgIpc) is 2.30. The number of unbranched alkanes of at least 4 members (excludes halogenated alkanes) is 6. The first-order valence-electron chi connectivity index (χ1n) is 31.4. The average molecular weight is 1100 g/mol. The molecular formula is C83H78N2. The normalized spacial score (nSPS) is 12.4. The van der Waals surface area contributed by atoms with Crippen molar-refractivity contribution in [2.75, 3.05) is 4.90 Å². The maximum absolute atomic E-state index is 2.57. The number of aryl methyl sites for hydroxylation is 4. The summed E-state index contributed by atoms with van der Waals surface area (Å²) in [5.41, 5.74) is 30.4. The van der Waals surface area contributed by atoms with Crippen LogP contribution in [0.5, 0.6) is 0 Å². The largest absolute Gasteiger partial charge is 0.310 e. The Bertz CT molecular complexity index is 4330. The van der Waals surface area contributed by atoms with Gasteiger partial charge in [0.15, 0.2) is 0 Å². The first-order chi connectivity index (χ1) is 41.6. The van der Waals surface area contributed by atoms with Gasteiger partial charge in [-0.15, -0.1) is 0 Å². The number of rotatable bonds is 19. The summed E-state index contributed by atoms with van der Waals surface area (Å²) < 4.78 is 2.49. The van der Waals surface area contributed by atoms with E-state index in [2.05, 4.69) is 294 Å². The summed E-state index contributed by atoms with van der Waals surface area (Å²) in [5.74, 6) is 0. The SMILES string of the molecule is CCCCCCc1cc(-c2ccc(-c3cc(C)cc(-n4c5ccccc5c5ccc(-c6ccc(N(c7ccc(-c8ccccc8)cc7)c7ccc8c(c7)C(C)(C)c7ccccc7-8)cc6)cc54)c3)cc2)c(CCCCCC)cc1-c1ccc(C)cc1. The zero-order valence-corrected chi connectivity index (χ0v) is 50.6. The summed E-state index contributed by atoms with van der Waals surface area (Å²) in [7, 11) is 0. The molecule has 0 N–H and O–H groups in total. The lowest BCUT2D eigenvalue weighted by Gasteiger charge is -2.28.